The van der Waals surface area contributed by atoms with Crippen LogP contribution in [0.25, 0.3) is 0 Å². The number of furan rings is 1. The van der Waals surface area contributed by atoms with E-state index in [2.05, 4.69) is 5.32 Å². The minimum absolute atomic E-state index is 0.0262. The molecule has 2 aromatic rings. The Morgan fingerprint density at radius 3 is 2.48 bits per heavy atom. The van der Waals surface area contributed by atoms with E-state index in [0.29, 0.717) is 11.1 Å². The molecule has 2 amide bonds. The topological polar surface area (TPSA) is 62.6 Å². The maximum absolute atomic E-state index is 12.0. The molecule has 1 atom stereocenters. The Kier molecular flexibility index (Phi) is 3.05. The molecule has 0 fully saturated rings. The van der Waals surface area contributed by atoms with Crippen LogP contribution in [0.3, 0.4) is 0 Å². The predicted octanol–water partition coefficient (Wildman–Crippen LogP) is 2.99. The lowest BCUT2D eigenvalue weighted by Crippen LogP contribution is -2.24. The molecular formula is C16H16N2O3. The van der Waals surface area contributed by atoms with Gasteiger partial charge in [-0.05, 0) is 44.2 Å². The number of nitrogens with zero attached hydrogens (tertiary/aromatic N) is 1. The highest BCUT2D eigenvalue weighted by Gasteiger charge is 2.32. The van der Waals surface area contributed by atoms with Crippen molar-refractivity contribution >= 4 is 17.5 Å². The first-order chi connectivity index (χ1) is 9.97. The summed E-state index contributed by atoms with van der Waals surface area (Å²) in [6.07, 6.45) is 0. The zero-order chi connectivity index (χ0) is 15.1. The van der Waals surface area contributed by atoms with Crippen LogP contribution < -0.4 is 5.32 Å². The highest BCUT2D eigenvalue weighted by atomic mass is 16.3. The molecule has 21 heavy (non-hydrogen) atoms. The summed E-state index contributed by atoms with van der Waals surface area (Å²) in [7, 11) is 1.49. The molecule has 0 spiro atoms. The zero-order valence-electron chi connectivity index (χ0n) is 12.1. The lowest BCUT2D eigenvalue weighted by Gasteiger charge is -2.13. The van der Waals surface area contributed by atoms with Gasteiger partial charge in [0.2, 0.25) is 0 Å². The fourth-order valence-corrected chi connectivity index (χ4v) is 2.46. The van der Waals surface area contributed by atoms with Crippen molar-refractivity contribution in [2.24, 2.45) is 0 Å². The Hall–Kier alpha value is -2.56. The maximum atomic E-state index is 12.0. The number of rotatable bonds is 3. The van der Waals surface area contributed by atoms with Gasteiger partial charge in [-0.25, -0.2) is 0 Å². The van der Waals surface area contributed by atoms with Crippen molar-refractivity contribution in [2.45, 2.75) is 19.9 Å². The van der Waals surface area contributed by atoms with Crippen LogP contribution in [-0.2, 0) is 0 Å². The van der Waals surface area contributed by atoms with Crippen LogP contribution in [0.15, 0.2) is 34.7 Å². The summed E-state index contributed by atoms with van der Waals surface area (Å²) in [4.78, 5) is 24.9. The van der Waals surface area contributed by atoms with Crippen LogP contribution in [-0.4, -0.2) is 23.8 Å². The van der Waals surface area contributed by atoms with Crippen molar-refractivity contribution in [3.05, 3.63) is 53.0 Å². The summed E-state index contributed by atoms with van der Waals surface area (Å²) in [6.45, 7) is 3.87. The number of aryl methyl sites for hydroxylation is 1. The number of carbonyl (C=O) groups is 2. The van der Waals surface area contributed by atoms with Crippen LogP contribution in [0.4, 0.5) is 5.69 Å². The number of amides is 2. The van der Waals surface area contributed by atoms with Crippen LogP contribution in [0.1, 0.15) is 45.2 Å². The lowest BCUT2D eigenvalue weighted by atomic mass is 10.1. The Labute approximate surface area is 122 Å². The number of hydrogen-bond acceptors (Lipinski definition) is 4. The lowest BCUT2D eigenvalue weighted by molar-refractivity contribution is 0.0693. The van der Waals surface area contributed by atoms with E-state index in [9.17, 15) is 9.59 Å². The fraction of sp³-hybridized carbons (Fsp3) is 0.250. The Balaban J connectivity index is 1.85. The molecule has 0 saturated heterocycles. The number of nitrogens with one attached hydrogen (secondary N) is 1. The summed E-state index contributed by atoms with van der Waals surface area (Å²) in [5.41, 5.74) is 1.68. The van der Waals surface area contributed by atoms with Crippen molar-refractivity contribution in [1.82, 2.24) is 4.90 Å². The second-order valence-electron chi connectivity index (χ2n) is 5.24. The largest absolute Gasteiger partial charge is 0.464 e. The minimum atomic E-state index is -0.264. The number of carbonyl (C=O) groups excluding carboxylic acids is 2. The van der Waals surface area contributed by atoms with E-state index in [1.54, 1.807) is 18.2 Å². The normalized spacial score (nSPS) is 15.3. The molecule has 0 bridgehead atoms. The molecule has 3 rings (SSSR count). The summed E-state index contributed by atoms with van der Waals surface area (Å²) in [5, 5.41) is 3.28. The third kappa shape index (κ3) is 2.20. The van der Waals surface area contributed by atoms with E-state index in [1.807, 2.05) is 26.0 Å². The van der Waals surface area contributed by atoms with Crippen LogP contribution >= 0.6 is 0 Å². The Bertz CT molecular complexity index is 733. The smallest absolute Gasteiger partial charge is 0.261 e. The molecule has 1 aliphatic rings. The van der Waals surface area contributed by atoms with Crippen molar-refractivity contribution in [3.63, 3.8) is 0 Å². The molecule has 0 saturated carbocycles. The van der Waals surface area contributed by atoms with E-state index in [4.69, 9.17) is 4.42 Å². The van der Waals surface area contributed by atoms with Gasteiger partial charge in [-0.1, -0.05) is 0 Å². The molecule has 0 radical (unpaired) electrons. The summed E-state index contributed by atoms with van der Waals surface area (Å²) in [5.74, 6) is 1.17. The first-order valence-electron chi connectivity index (χ1n) is 6.76. The molecule has 108 valence electrons. The molecule has 0 aliphatic carbocycles. The third-order valence-electron chi connectivity index (χ3n) is 3.66. The molecule has 1 aromatic carbocycles. The number of benzene rings is 1. The second kappa shape index (κ2) is 4.77. The monoisotopic (exact) mass is 284 g/mol. The van der Waals surface area contributed by atoms with Gasteiger partial charge in [0, 0.05) is 12.7 Å². The van der Waals surface area contributed by atoms with Gasteiger partial charge in [-0.3, -0.25) is 14.5 Å². The number of anilines is 1. The average molecular weight is 284 g/mol. The SMILES string of the molecule is Cc1ccc(C(C)Nc2ccc3c(c2)C(=O)N(C)C3=O)o1. The van der Waals surface area contributed by atoms with Crippen molar-refractivity contribution in [3.8, 4) is 0 Å². The quantitative estimate of drug-likeness (QED) is 0.880. The second-order valence-corrected chi connectivity index (χ2v) is 5.24. The molecule has 1 unspecified atom stereocenters. The van der Waals surface area contributed by atoms with E-state index in [1.165, 1.54) is 7.05 Å². The van der Waals surface area contributed by atoms with Gasteiger partial charge < -0.3 is 9.73 Å². The third-order valence-corrected chi connectivity index (χ3v) is 3.66. The van der Waals surface area contributed by atoms with Gasteiger partial charge >= 0.3 is 0 Å². The molecule has 1 aromatic heterocycles. The summed E-state index contributed by atoms with van der Waals surface area (Å²) >= 11 is 0. The first kappa shape index (κ1) is 13.4. The van der Waals surface area contributed by atoms with Crippen molar-refractivity contribution in [2.75, 3.05) is 12.4 Å². The van der Waals surface area contributed by atoms with Gasteiger partial charge in [0.1, 0.15) is 11.5 Å². The van der Waals surface area contributed by atoms with E-state index >= 15 is 0 Å². The molecule has 5 heteroatoms. The number of imide groups is 1. The van der Waals surface area contributed by atoms with Gasteiger partial charge in [0.05, 0.1) is 17.2 Å². The molecule has 5 nitrogen and oxygen atoms in total. The van der Waals surface area contributed by atoms with Crippen molar-refractivity contribution < 1.29 is 14.0 Å². The fourth-order valence-electron chi connectivity index (χ4n) is 2.46. The summed E-state index contributed by atoms with van der Waals surface area (Å²) < 4.78 is 5.57. The molecular weight excluding hydrogens is 268 g/mol. The van der Waals surface area contributed by atoms with Crippen LogP contribution in [0, 0.1) is 6.92 Å². The Morgan fingerprint density at radius 2 is 1.81 bits per heavy atom. The number of fused-ring (bicyclic) bond motifs is 1. The highest BCUT2D eigenvalue weighted by molar-refractivity contribution is 6.21. The first-order valence-corrected chi connectivity index (χ1v) is 6.76. The average Bonchev–Trinajstić information content (AvgIpc) is 2.98. The van der Waals surface area contributed by atoms with E-state index in [-0.39, 0.29) is 17.9 Å². The highest BCUT2D eigenvalue weighted by Crippen LogP contribution is 2.27. The van der Waals surface area contributed by atoms with E-state index < -0.39 is 0 Å². The van der Waals surface area contributed by atoms with Gasteiger partial charge in [0.15, 0.2) is 0 Å². The van der Waals surface area contributed by atoms with Crippen molar-refractivity contribution in [1.29, 1.82) is 0 Å². The van der Waals surface area contributed by atoms with E-state index in [0.717, 1.165) is 22.1 Å². The molecule has 2 heterocycles. The van der Waals surface area contributed by atoms with Gasteiger partial charge in [-0.15, -0.1) is 0 Å². The minimum Gasteiger partial charge on any atom is -0.464 e. The maximum Gasteiger partial charge on any atom is 0.261 e. The Morgan fingerprint density at radius 1 is 1.10 bits per heavy atom. The van der Waals surface area contributed by atoms with Crippen LogP contribution in [0.5, 0.6) is 0 Å². The van der Waals surface area contributed by atoms with Crippen LogP contribution in [0.2, 0.25) is 0 Å². The summed E-state index contributed by atoms with van der Waals surface area (Å²) in [6, 6.07) is 9.00. The van der Waals surface area contributed by atoms with Gasteiger partial charge in [0.25, 0.3) is 11.8 Å². The van der Waals surface area contributed by atoms with Gasteiger partial charge in [-0.2, -0.15) is 0 Å². The number of hydrogen-bond donors (Lipinski definition) is 1. The molecule has 1 N–H and O–H groups in total. The predicted molar refractivity (Wildman–Crippen MR) is 78.3 cm³/mol. The zero-order valence-corrected chi connectivity index (χ0v) is 12.1. The standard InChI is InChI=1S/C16H16N2O3/c1-9-4-7-14(21-9)10(2)17-11-5-6-12-13(8-11)16(20)18(3)15(12)19/h4-8,10,17H,1-3H3. The molecule has 1 aliphatic heterocycles.